The molecule has 0 saturated carbocycles. The Kier molecular flexibility index (Phi) is 8.36. The zero-order valence-corrected chi connectivity index (χ0v) is 17.7. The van der Waals surface area contributed by atoms with Crippen molar-refractivity contribution in [2.45, 2.75) is 51.2 Å². The summed E-state index contributed by atoms with van der Waals surface area (Å²) in [4.78, 5) is 2.11. The Morgan fingerprint density at radius 3 is 2.39 bits per heavy atom. The standard InChI is InChI=1S/C25H29F3N2O/c26-25(27,28)23-17-22(19-30-14-12-21(18-29)13-15-30)10-11-24(23)31-16-6-2-5-9-20-7-3-1-4-8-20/h1,3-4,7-8,10-11,17,21H,2,5-6,9,12-16,19H2. The Bertz CT molecular complexity index is 853. The van der Waals surface area contributed by atoms with Crippen LogP contribution in [0.3, 0.4) is 0 Å². The van der Waals surface area contributed by atoms with E-state index in [-0.39, 0.29) is 18.3 Å². The Balaban J connectivity index is 1.50. The van der Waals surface area contributed by atoms with Crippen LogP contribution in [0.15, 0.2) is 48.5 Å². The Hall–Kier alpha value is -2.52. The second kappa shape index (κ2) is 11.2. The molecule has 2 aromatic carbocycles. The lowest BCUT2D eigenvalue weighted by Crippen LogP contribution is -2.32. The summed E-state index contributed by atoms with van der Waals surface area (Å²) in [5.41, 5.74) is 1.19. The molecule has 0 aromatic heterocycles. The topological polar surface area (TPSA) is 36.3 Å². The van der Waals surface area contributed by atoms with Gasteiger partial charge in [0.2, 0.25) is 0 Å². The highest BCUT2D eigenvalue weighted by atomic mass is 19.4. The summed E-state index contributed by atoms with van der Waals surface area (Å²) in [5, 5.41) is 8.99. The summed E-state index contributed by atoms with van der Waals surface area (Å²) >= 11 is 0. The molecular formula is C25H29F3N2O. The van der Waals surface area contributed by atoms with Gasteiger partial charge in [-0.2, -0.15) is 18.4 Å². The van der Waals surface area contributed by atoms with E-state index in [2.05, 4.69) is 23.1 Å². The lowest BCUT2D eigenvalue weighted by molar-refractivity contribution is -0.139. The quantitative estimate of drug-likeness (QED) is 0.442. The molecule has 0 atom stereocenters. The second-order valence-electron chi connectivity index (χ2n) is 8.15. The molecule has 0 aliphatic carbocycles. The van der Waals surface area contributed by atoms with E-state index < -0.39 is 11.7 Å². The summed E-state index contributed by atoms with van der Waals surface area (Å²) in [7, 11) is 0. The number of unbranched alkanes of at least 4 members (excludes halogenated alkanes) is 2. The third kappa shape index (κ3) is 7.29. The van der Waals surface area contributed by atoms with E-state index in [4.69, 9.17) is 10.00 Å². The number of nitriles is 1. The molecule has 0 amide bonds. The maximum atomic E-state index is 13.6. The van der Waals surface area contributed by atoms with Crippen LogP contribution in [-0.4, -0.2) is 24.6 Å². The molecular weight excluding hydrogens is 401 g/mol. The number of hydrogen-bond acceptors (Lipinski definition) is 3. The number of alkyl halides is 3. The van der Waals surface area contributed by atoms with Crippen LogP contribution in [0.25, 0.3) is 0 Å². The van der Waals surface area contributed by atoms with Crippen LogP contribution in [0.1, 0.15) is 48.8 Å². The molecule has 1 heterocycles. The molecule has 0 N–H and O–H groups in total. The number of aryl methyl sites for hydroxylation is 1. The predicted molar refractivity (Wildman–Crippen MR) is 115 cm³/mol. The Morgan fingerprint density at radius 2 is 1.71 bits per heavy atom. The van der Waals surface area contributed by atoms with Gasteiger partial charge in [0.1, 0.15) is 5.75 Å². The summed E-state index contributed by atoms with van der Waals surface area (Å²) in [6.07, 6.45) is 0.678. The SMILES string of the molecule is N#CC1CCN(Cc2ccc(OCCCCCc3ccccc3)c(C(F)(F)F)c2)CC1. The fourth-order valence-corrected chi connectivity index (χ4v) is 3.94. The van der Waals surface area contributed by atoms with E-state index >= 15 is 0 Å². The average molecular weight is 431 g/mol. The van der Waals surface area contributed by atoms with Gasteiger partial charge in [-0.05, 0) is 74.9 Å². The van der Waals surface area contributed by atoms with Gasteiger partial charge in [-0.25, -0.2) is 0 Å². The van der Waals surface area contributed by atoms with E-state index in [9.17, 15) is 13.2 Å². The third-order valence-electron chi connectivity index (χ3n) is 5.74. The molecule has 0 radical (unpaired) electrons. The highest BCUT2D eigenvalue weighted by Gasteiger charge is 2.35. The van der Waals surface area contributed by atoms with Crippen LogP contribution in [0.4, 0.5) is 13.2 Å². The minimum atomic E-state index is -4.45. The van der Waals surface area contributed by atoms with E-state index in [1.165, 1.54) is 17.7 Å². The number of likely N-dealkylation sites (tertiary alicyclic amines) is 1. The van der Waals surface area contributed by atoms with E-state index in [1.54, 1.807) is 6.07 Å². The first-order valence-electron chi connectivity index (χ1n) is 10.9. The first kappa shape index (κ1) is 23.1. The summed E-state index contributed by atoms with van der Waals surface area (Å²) in [6, 6.07) is 16.8. The first-order valence-corrected chi connectivity index (χ1v) is 10.9. The maximum absolute atomic E-state index is 13.6. The van der Waals surface area contributed by atoms with Crippen molar-refractivity contribution in [2.24, 2.45) is 5.92 Å². The van der Waals surface area contributed by atoms with Crippen molar-refractivity contribution in [3.63, 3.8) is 0 Å². The molecule has 0 spiro atoms. The minimum Gasteiger partial charge on any atom is -0.493 e. The lowest BCUT2D eigenvalue weighted by Gasteiger charge is -2.29. The first-order chi connectivity index (χ1) is 15.0. The Labute approximate surface area is 182 Å². The number of ether oxygens (including phenoxy) is 1. The smallest absolute Gasteiger partial charge is 0.419 e. The molecule has 0 bridgehead atoms. The van der Waals surface area contributed by atoms with E-state index in [0.717, 1.165) is 51.6 Å². The molecule has 31 heavy (non-hydrogen) atoms. The predicted octanol–water partition coefficient (Wildman–Crippen LogP) is 6.23. The van der Waals surface area contributed by atoms with E-state index in [1.807, 2.05) is 18.2 Å². The zero-order valence-electron chi connectivity index (χ0n) is 17.7. The van der Waals surface area contributed by atoms with Gasteiger partial charge in [0.25, 0.3) is 0 Å². The molecule has 2 aromatic rings. The molecule has 3 nitrogen and oxygen atoms in total. The average Bonchev–Trinajstić information content (AvgIpc) is 2.77. The van der Waals surface area contributed by atoms with Crippen LogP contribution >= 0.6 is 0 Å². The molecule has 3 rings (SSSR count). The van der Waals surface area contributed by atoms with Gasteiger partial charge in [-0.15, -0.1) is 0 Å². The monoisotopic (exact) mass is 430 g/mol. The maximum Gasteiger partial charge on any atom is 0.419 e. The van der Waals surface area contributed by atoms with E-state index in [0.29, 0.717) is 12.1 Å². The molecule has 1 fully saturated rings. The normalized spacial score (nSPS) is 15.5. The summed E-state index contributed by atoms with van der Waals surface area (Å²) in [5.74, 6) is -0.0343. The van der Waals surface area contributed by atoms with Crippen LogP contribution in [0.5, 0.6) is 5.75 Å². The van der Waals surface area contributed by atoms with Gasteiger partial charge in [0, 0.05) is 12.5 Å². The van der Waals surface area contributed by atoms with Crippen LogP contribution in [0, 0.1) is 17.2 Å². The van der Waals surface area contributed by atoms with Crippen LogP contribution in [-0.2, 0) is 19.1 Å². The number of nitrogens with zero attached hydrogens (tertiary/aromatic N) is 2. The van der Waals surface area contributed by atoms with Gasteiger partial charge < -0.3 is 4.74 Å². The largest absolute Gasteiger partial charge is 0.493 e. The molecule has 1 aliphatic heterocycles. The fourth-order valence-electron chi connectivity index (χ4n) is 3.94. The van der Waals surface area contributed by atoms with Crippen molar-refractivity contribution in [1.82, 2.24) is 4.90 Å². The van der Waals surface area contributed by atoms with Gasteiger partial charge in [0.15, 0.2) is 0 Å². The molecule has 6 heteroatoms. The van der Waals surface area contributed by atoms with Crippen LogP contribution < -0.4 is 4.74 Å². The van der Waals surface area contributed by atoms with Crippen molar-refractivity contribution in [1.29, 1.82) is 5.26 Å². The van der Waals surface area contributed by atoms with Crippen molar-refractivity contribution in [3.8, 4) is 11.8 Å². The third-order valence-corrected chi connectivity index (χ3v) is 5.74. The van der Waals surface area contributed by atoms with Gasteiger partial charge in [0.05, 0.1) is 18.2 Å². The molecule has 0 unspecified atom stereocenters. The van der Waals surface area contributed by atoms with Crippen molar-refractivity contribution < 1.29 is 17.9 Å². The Morgan fingerprint density at radius 1 is 0.968 bits per heavy atom. The lowest BCUT2D eigenvalue weighted by atomic mass is 9.98. The molecule has 1 saturated heterocycles. The van der Waals surface area contributed by atoms with Crippen LogP contribution in [0.2, 0.25) is 0 Å². The minimum absolute atomic E-state index is 0.0606. The van der Waals surface area contributed by atoms with Gasteiger partial charge in [-0.3, -0.25) is 4.90 Å². The number of benzene rings is 2. The van der Waals surface area contributed by atoms with Crippen molar-refractivity contribution in [3.05, 3.63) is 65.2 Å². The highest BCUT2D eigenvalue weighted by molar-refractivity contribution is 5.39. The summed E-state index contributed by atoms with van der Waals surface area (Å²) < 4.78 is 46.3. The van der Waals surface area contributed by atoms with Gasteiger partial charge >= 0.3 is 6.18 Å². The molecule has 166 valence electrons. The molecule has 1 aliphatic rings. The zero-order chi connectivity index (χ0) is 22.1. The highest BCUT2D eigenvalue weighted by Crippen LogP contribution is 2.37. The summed E-state index contributed by atoms with van der Waals surface area (Å²) in [6.45, 7) is 2.21. The fraction of sp³-hybridized carbons (Fsp3) is 0.480. The number of piperidine rings is 1. The number of halogens is 3. The van der Waals surface area contributed by atoms with Crippen molar-refractivity contribution >= 4 is 0 Å². The number of hydrogen-bond donors (Lipinski definition) is 0. The second-order valence-corrected chi connectivity index (χ2v) is 8.15. The van der Waals surface area contributed by atoms with Crippen molar-refractivity contribution in [2.75, 3.05) is 19.7 Å². The number of rotatable bonds is 9. The van der Waals surface area contributed by atoms with Gasteiger partial charge in [-0.1, -0.05) is 36.4 Å².